The number of rotatable bonds is 6. The Kier molecular flexibility index (Phi) is 4.31. The minimum absolute atomic E-state index is 0.0239. The predicted molar refractivity (Wildman–Crippen MR) is 68.6 cm³/mol. The van der Waals surface area contributed by atoms with Gasteiger partial charge in [-0.15, -0.1) is 0 Å². The van der Waals surface area contributed by atoms with Gasteiger partial charge < -0.3 is 10.6 Å². The summed E-state index contributed by atoms with van der Waals surface area (Å²) in [5, 5.41) is 6.03. The molecule has 0 bridgehead atoms. The molecule has 3 nitrogen and oxygen atoms in total. The Morgan fingerprint density at radius 1 is 1.39 bits per heavy atom. The number of benzene rings is 1. The van der Waals surface area contributed by atoms with Gasteiger partial charge in [0.1, 0.15) is 5.82 Å². The van der Waals surface area contributed by atoms with Gasteiger partial charge in [-0.25, -0.2) is 4.39 Å². The Labute approximate surface area is 107 Å². The fraction of sp³-hybridized carbons (Fsp3) is 0.500. The fourth-order valence-electron chi connectivity index (χ4n) is 1.76. The summed E-state index contributed by atoms with van der Waals surface area (Å²) in [6.45, 7) is 3.05. The number of hydrogen-bond acceptors (Lipinski definition) is 2. The lowest BCUT2D eigenvalue weighted by atomic mass is 10.1. The molecule has 1 aromatic carbocycles. The van der Waals surface area contributed by atoms with Crippen LogP contribution < -0.4 is 10.6 Å². The molecular formula is C14H19FN2O. The van der Waals surface area contributed by atoms with Crippen LogP contribution >= 0.6 is 0 Å². The summed E-state index contributed by atoms with van der Waals surface area (Å²) in [4.78, 5) is 11.5. The molecule has 4 heteroatoms. The van der Waals surface area contributed by atoms with Crippen molar-refractivity contribution in [1.82, 2.24) is 10.6 Å². The Balaban J connectivity index is 1.71. The van der Waals surface area contributed by atoms with E-state index in [9.17, 15) is 9.18 Å². The second-order valence-corrected chi connectivity index (χ2v) is 4.90. The Morgan fingerprint density at radius 3 is 2.67 bits per heavy atom. The predicted octanol–water partition coefficient (Wildman–Crippen LogP) is 2.00. The summed E-state index contributed by atoms with van der Waals surface area (Å²) in [7, 11) is 0. The molecule has 1 amide bonds. The summed E-state index contributed by atoms with van der Waals surface area (Å²) in [6.07, 6.45) is 2.47. The summed E-state index contributed by atoms with van der Waals surface area (Å²) in [5.74, 6) is 0.479. The van der Waals surface area contributed by atoms with Crippen molar-refractivity contribution in [2.75, 3.05) is 13.1 Å². The highest BCUT2D eigenvalue weighted by Gasteiger charge is 2.21. The molecule has 1 aliphatic carbocycles. The van der Waals surface area contributed by atoms with Crippen molar-refractivity contribution in [2.45, 2.75) is 25.8 Å². The van der Waals surface area contributed by atoms with E-state index < -0.39 is 0 Å². The van der Waals surface area contributed by atoms with Gasteiger partial charge in [0.05, 0.1) is 6.54 Å². The smallest absolute Gasteiger partial charge is 0.233 e. The van der Waals surface area contributed by atoms with Crippen molar-refractivity contribution in [3.63, 3.8) is 0 Å². The molecule has 2 N–H and O–H groups in total. The third-order valence-corrected chi connectivity index (χ3v) is 3.22. The minimum Gasteiger partial charge on any atom is -0.355 e. The van der Waals surface area contributed by atoms with Crippen LogP contribution in [0.1, 0.15) is 31.4 Å². The van der Waals surface area contributed by atoms with Gasteiger partial charge in [-0.2, -0.15) is 0 Å². The molecule has 1 saturated carbocycles. The Hall–Kier alpha value is -1.42. The second-order valence-electron chi connectivity index (χ2n) is 4.90. The van der Waals surface area contributed by atoms with E-state index in [4.69, 9.17) is 0 Å². The van der Waals surface area contributed by atoms with Gasteiger partial charge in [-0.05, 0) is 43.4 Å². The average molecular weight is 250 g/mol. The van der Waals surface area contributed by atoms with Crippen LogP contribution in [0.5, 0.6) is 0 Å². The van der Waals surface area contributed by atoms with E-state index in [-0.39, 0.29) is 17.8 Å². The molecule has 1 aliphatic rings. The number of carbonyl (C=O) groups excluding carboxylic acids is 1. The topological polar surface area (TPSA) is 41.1 Å². The number of nitrogens with one attached hydrogen (secondary N) is 2. The highest BCUT2D eigenvalue weighted by molar-refractivity contribution is 5.78. The van der Waals surface area contributed by atoms with Crippen molar-refractivity contribution in [3.8, 4) is 0 Å². The van der Waals surface area contributed by atoms with Crippen LogP contribution in [-0.4, -0.2) is 19.0 Å². The third kappa shape index (κ3) is 4.11. The van der Waals surface area contributed by atoms with Crippen molar-refractivity contribution < 1.29 is 9.18 Å². The van der Waals surface area contributed by atoms with Crippen molar-refractivity contribution in [1.29, 1.82) is 0 Å². The maximum atomic E-state index is 12.8. The third-order valence-electron chi connectivity index (χ3n) is 3.22. The molecule has 1 atom stereocenters. The van der Waals surface area contributed by atoms with E-state index in [0.29, 0.717) is 12.5 Å². The van der Waals surface area contributed by atoms with Crippen molar-refractivity contribution in [2.24, 2.45) is 5.92 Å². The van der Waals surface area contributed by atoms with E-state index in [1.54, 1.807) is 12.1 Å². The number of hydrogen-bond donors (Lipinski definition) is 2. The molecule has 0 heterocycles. The molecule has 98 valence electrons. The van der Waals surface area contributed by atoms with E-state index in [0.717, 1.165) is 12.1 Å². The van der Waals surface area contributed by atoms with Gasteiger partial charge in [-0.3, -0.25) is 4.79 Å². The maximum absolute atomic E-state index is 12.8. The molecule has 0 saturated heterocycles. The zero-order valence-electron chi connectivity index (χ0n) is 10.6. The maximum Gasteiger partial charge on any atom is 0.233 e. The number of amides is 1. The van der Waals surface area contributed by atoms with Crippen LogP contribution in [0, 0.1) is 11.7 Å². The molecule has 18 heavy (non-hydrogen) atoms. The van der Waals surface area contributed by atoms with Crippen molar-refractivity contribution >= 4 is 5.91 Å². The first-order valence-corrected chi connectivity index (χ1v) is 6.40. The Morgan fingerprint density at radius 2 is 2.06 bits per heavy atom. The monoisotopic (exact) mass is 250 g/mol. The lowest BCUT2D eigenvalue weighted by Gasteiger charge is -2.14. The van der Waals surface area contributed by atoms with Gasteiger partial charge in [0, 0.05) is 12.6 Å². The molecule has 1 fully saturated rings. The average Bonchev–Trinajstić information content (AvgIpc) is 3.18. The summed E-state index contributed by atoms with van der Waals surface area (Å²) in [6, 6.07) is 6.36. The second kappa shape index (κ2) is 5.96. The molecule has 0 aliphatic heterocycles. The lowest BCUT2D eigenvalue weighted by Crippen LogP contribution is -2.36. The number of halogens is 1. The van der Waals surface area contributed by atoms with Crippen molar-refractivity contribution in [3.05, 3.63) is 35.6 Å². The van der Waals surface area contributed by atoms with E-state index >= 15 is 0 Å². The van der Waals surface area contributed by atoms with E-state index in [2.05, 4.69) is 10.6 Å². The highest BCUT2D eigenvalue weighted by Crippen LogP contribution is 2.27. The molecule has 0 spiro atoms. The highest BCUT2D eigenvalue weighted by atomic mass is 19.1. The molecule has 0 radical (unpaired) electrons. The van der Waals surface area contributed by atoms with Gasteiger partial charge in [0.15, 0.2) is 0 Å². The SMILES string of the molecule is C[C@@H](NCC(=O)NCC1CC1)c1ccc(F)cc1. The largest absolute Gasteiger partial charge is 0.355 e. The van der Waals surface area contributed by atoms with Crippen LogP contribution in [0.25, 0.3) is 0 Å². The standard InChI is InChI=1S/C14H19FN2O/c1-10(12-4-6-13(15)7-5-12)16-9-14(18)17-8-11-2-3-11/h4-7,10-11,16H,2-3,8-9H2,1H3,(H,17,18)/t10-/m1/s1. The van der Waals surface area contributed by atoms with Gasteiger partial charge in [0.2, 0.25) is 5.91 Å². The first-order chi connectivity index (χ1) is 8.65. The normalized spacial score (nSPS) is 16.3. The Bertz CT molecular complexity index is 401. The number of carbonyl (C=O) groups is 1. The minimum atomic E-state index is -0.242. The molecule has 0 unspecified atom stereocenters. The van der Waals surface area contributed by atoms with E-state index in [1.807, 2.05) is 6.92 Å². The zero-order chi connectivity index (χ0) is 13.0. The molecule has 0 aromatic heterocycles. The van der Waals surface area contributed by atoms with Gasteiger partial charge in [-0.1, -0.05) is 12.1 Å². The summed E-state index contributed by atoms with van der Waals surface area (Å²) in [5.41, 5.74) is 0.978. The van der Waals surface area contributed by atoms with Crippen LogP contribution in [-0.2, 0) is 4.79 Å². The first-order valence-electron chi connectivity index (χ1n) is 6.40. The van der Waals surface area contributed by atoms with Crippen LogP contribution in [0.3, 0.4) is 0 Å². The van der Waals surface area contributed by atoms with Crippen LogP contribution in [0.15, 0.2) is 24.3 Å². The summed E-state index contributed by atoms with van der Waals surface area (Å²) < 4.78 is 12.8. The van der Waals surface area contributed by atoms with Gasteiger partial charge >= 0.3 is 0 Å². The first kappa shape index (κ1) is 13.0. The summed E-state index contributed by atoms with van der Waals surface area (Å²) >= 11 is 0. The quantitative estimate of drug-likeness (QED) is 0.811. The zero-order valence-corrected chi connectivity index (χ0v) is 10.6. The molecule has 2 rings (SSSR count). The fourth-order valence-corrected chi connectivity index (χ4v) is 1.76. The molecule has 1 aromatic rings. The van der Waals surface area contributed by atoms with Crippen LogP contribution in [0.4, 0.5) is 4.39 Å². The van der Waals surface area contributed by atoms with Crippen LogP contribution in [0.2, 0.25) is 0 Å². The van der Waals surface area contributed by atoms with Gasteiger partial charge in [0.25, 0.3) is 0 Å². The lowest BCUT2D eigenvalue weighted by molar-refractivity contribution is -0.120. The van der Waals surface area contributed by atoms with E-state index in [1.165, 1.54) is 25.0 Å². The molecular weight excluding hydrogens is 231 g/mol.